The number of nitrogens with zero attached hydrogens (tertiary/aromatic N) is 2. The lowest BCUT2D eigenvalue weighted by Crippen LogP contribution is -2.42. The van der Waals surface area contributed by atoms with Crippen LogP contribution in [0.1, 0.15) is 48.7 Å². The van der Waals surface area contributed by atoms with Crippen molar-refractivity contribution in [2.45, 2.75) is 51.2 Å². The number of hydrogen-bond acceptors (Lipinski definition) is 3. The fourth-order valence-electron chi connectivity index (χ4n) is 5.37. The third-order valence-electron chi connectivity index (χ3n) is 6.98. The number of hydrogen-bond donors (Lipinski definition) is 2. The molecule has 3 aromatic rings. The highest BCUT2D eigenvalue weighted by Gasteiger charge is 2.50. The number of carbonyl (C=O) groups is 1. The van der Waals surface area contributed by atoms with Crippen molar-refractivity contribution in [1.82, 2.24) is 20.2 Å². The number of fused-ring (bicyclic) bond motifs is 2. The lowest BCUT2D eigenvalue weighted by atomic mass is 10.0. The highest BCUT2D eigenvalue weighted by Crippen LogP contribution is 2.50. The molecule has 1 amide bonds. The molecule has 0 spiro atoms. The second-order valence-electron chi connectivity index (χ2n) is 8.77. The topological polar surface area (TPSA) is 61.0 Å². The molecule has 0 radical (unpaired) electrons. The molecule has 156 valence electrons. The number of benzene rings is 1. The van der Waals surface area contributed by atoms with Gasteiger partial charge in [0.25, 0.3) is 5.91 Å². The van der Waals surface area contributed by atoms with Gasteiger partial charge in [-0.2, -0.15) is 0 Å². The summed E-state index contributed by atoms with van der Waals surface area (Å²) in [6, 6.07) is 15.5. The van der Waals surface area contributed by atoms with E-state index in [1.807, 2.05) is 12.1 Å². The summed E-state index contributed by atoms with van der Waals surface area (Å²) >= 11 is 0. The predicted octanol–water partition coefficient (Wildman–Crippen LogP) is 4.37. The zero-order valence-corrected chi connectivity index (χ0v) is 17.6. The van der Waals surface area contributed by atoms with E-state index in [0.29, 0.717) is 29.6 Å². The van der Waals surface area contributed by atoms with Crippen molar-refractivity contribution in [1.29, 1.82) is 0 Å². The van der Waals surface area contributed by atoms with Crippen LogP contribution in [0.15, 0.2) is 54.9 Å². The van der Waals surface area contributed by atoms with Gasteiger partial charge in [0.2, 0.25) is 0 Å². The molecule has 2 aliphatic carbocycles. The zero-order valence-electron chi connectivity index (χ0n) is 17.6. The summed E-state index contributed by atoms with van der Waals surface area (Å²) in [6.07, 6.45) is 8.26. The molecule has 5 heteroatoms. The van der Waals surface area contributed by atoms with Crippen molar-refractivity contribution in [2.75, 3.05) is 6.54 Å². The number of pyridine rings is 1. The molecule has 2 N–H and O–H groups in total. The maximum absolute atomic E-state index is 13.4. The Bertz CT molecular complexity index is 981. The van der Waals surface area contributed by atoms with Gasteiger partial charge in [0.05, 0.1) is 11.7 Å². The number of aromatic nitrogens is 2. The minimum absolute atomic E-state index is 0.125. The van der Waals surface area contributed by atoms with E-state index in [0.717, 1.165) is 30.4 Å². The molecule has 0 saturated heterocycles. The van der Waals surface area contributed by atoms with Gasteiger partial charge in [0.1, 0.15) is 5.69 Å². The van der Waals surface area contributed by atoms with Crippen molar-refractivity contribution in [3.05, 3.63) is 66.1 Å². The molecule has 0 bridgehead atoms. The fourth-order valence-corrected chi connectivity index (χ4v) is 5.37. The Balaban J connectivity index is 1.27. The second kappa shape index (κ2) is 8.23. The maximum Gasteiger partial charge on any atom is 0.270 e. The minimum Gasteiger partial charge on any atom is -0.349 e. The summed E-state index contributed by atoms with van der Waals surface area (Å²) < 4.78 is 0. The highest BCUT2D eigenvalue weighted by molar-refractivity contribution is 5.98. The SMILES string of the molecule is CCN(C(=O)c1cc2ccncc2[nH]1)[C@H]1CCC[C@@H](NCc2ccccc2)C2C[C@H]21. The Hall–Kier alpha value is -2.66. The monoisotopic (exact) mass is 402 g/mol. The van der Waals surface area contributed by atoms with Crippen LogP contribution in [-0.2, 0) is 6.54 Å². The third-order valence-corrected chi connectivity index (χ3v) is 6.98. The Morgan fingerprint density at radius 3 is 2.87 bits per heavy atom. The molecule has 0 aliphatic heterocycles. The van der Waals surface area contributed by atoms with Crippen molar-refractivity contribution in [2.24, 2.45) is 11.8 Å². The van der Waals surface area contributed by atoms with E-state index in [4.69, 9.17) is 0 Å². The van der Waals surface area contributed by atoms with Crippen LogP contribution in [0.25, 0.3) is 10.9 Å². The van der Waals surface area contributed by atoms with Crippen molar-refractivity contribution in [3.63, 3.8) is 0 Å². The number of amides is 1. The summed E-state index contributed by atoms with van der Waals surface area (Å²) in [7, 11) is 0. The summed E-state index contributed by atoms with van der Waals surface area (Å²) in [5.74, 6) is 1.44. The maximum atomic E-state index is 13.4. The van der Waals surface area contributed by atoms with Crippen LogP contribution in [0.3, 0.4) is 0 Å². The molecule has 30 heavy (non-hydrogen) atoms. The van der Waals surface area contributed by atoms with Gasteiger partial charge < -0.3 is 15.2 Å². The summed E-state index contributed by atoms with van der Waals surface area (Å²) in [4.78, 5) is 22.9. The fraction of sp³-hybridized carbons (Fsp3) is 0.440. The standard InChI is InChI=1S/C25H30N4O/c1-2-29(25(30)22-13-18-11-12-26-16-23(18)28-22)24-10-6-9-21(19-14-20(19)24)27-15-17-7-4-3-5-8-17/h3-5,7-8,11-13,16,19-21,24,27-28H,2,6,9-10,14-15H2,1H3/t19?,20-,21-,24+/m1/s1. The average molecular weight is 403 g/mol. The highest BCUT2D eigenvalue weighted by atomic mass is 16.2. The molecule has 4 atom stereocenters. The van der Waals surface area contributed by atoms with Crippen LogP contribution in [0.5, 0.6) is 0 Å². The molecule has 2 saturated carbocycles. The van der Waals surface area contributed by atoms with Gasteiger partial charge in [-0.15, -0.1) is 0 Å². The summed E-state index contributed by atoms with van der Waals surface area (Å²) in [5, 5.41) is 4.85. The molecule has 1 unspecified atom stereocenters. The number of rotatable bonds is 6. The first-order chi connectivity index (χ1) is 14.7. The van der Waals surface area contributed by atoms with Gasteiger partial charge in [-0.05, 0) is 62.1 Å². The molecule has 2 aromatic heterocycles. The minimum atomic E-state index is 0.125. The molecular formula is C25H30N4O. The van der Waals surface area contributed by atoms with Crippen LogP contribution in [0.2, 0.25) is 0 Å². The quantitative estimate of drug-likeness (QED) is 0.644. The molecular weight excluding hydrogens is 372 g/mol. The van der Waals surface area contributed by atoms with E-state index >= 15 is 0 Å². The van der Waals surface area contributed by atoms with E-state index in [9.17, 15) is 4.79 Å². The second-order valence-corrected chi connectivity index (χ2v) is 8.77. The lowest BCUT2D eigenvalue weighted by molar-refractivity contribution is 0.0648. The van der Waals surface area contributed by atoms with Crippen LogP contribution >= 0.6 is 0 Å². The average Bonchev–Trinajstić information content (AvgIpc) is 3.47. The first-order valence-electron chi connectivity index (χ1n) is 11.3. The summed E-state index contributed by atoms with van der Waals surface area (Å²) in [6.45, 7) is 3.79. The van der Waals surface area contributed by atoms with Crippen LogP contribution < -0.4 is 5.32 Å². The number of H-pyrrole nitrogens is 1. The van der Waals surface area contributed by atoms with Crippen LogP contribution in [0, 0.1) is 11.8 Å². The Kier molecular flexibility index (Phi) is 5.30. The Morgan fingerprint density at radius 1 is 1.20 bits per heavy atom. The summed E-state index contributed by atoms with van der Waals surface area (Å²) in [5.41, 5.74) is 2.95. The molecule has 1 aromatic carbocycles. The normalized spacial score (nSPS) is 25.5. The first-order valence-corrected chi connectivity index (χ1v) is 11.3. The van der Waals surface area contributed by atoms with Crippen LogP contribution in [0.4, 0.5) is 0 Å². The molecule has 2 aliphatic rings. The molecule has 5 rings (SSSR count). The number of nitrogens with one attached hydrogen (secondary N) is 2. The van der Waals surface area contributed by atoms with Crippen molar-refractivity contribution >= 4 is 16.8 Å². The lowest BCUT2D eigenvalue weighted by Gasteiger charge is -2.30. The number of aromatic amines is 1. The van der Waals surface area contributed by atoms with Gasteiger partial charge in [-0.1, -0.05) is 30.3 Å². The molecule has 2 heterocycles. The first kappa shape index (κ1) is 19.3. The van der Waals surface area contributed by atoms with E-state index in [-0.39, 0.29) is 5.91 Å². The predicted molar refractivity (Wildman–Crippen MR) is 119 cm³/mol. The van der Waals surface area contributed by atoms with E-state index < -0.39 is 0 Å². The van der Waals surface area contributed by atoms with Gasteiger partial charge in [-0.3, -0.25) is 9.78 Å². The van der Waals surface area contributed by atoms with Gasteiger partial charge in [0.15, 0.2) is 0 Å². The van der Waals surface area contributed by atoms with Crippen molar-refractivity contribution in [3.8, 4) is 0 Å². The molecule has 5 nitrogen and oxygen atoms in total. The van der Waals surface area contributed by atoms with Crippen LogP contribution in [-0.4, -0.2) is 39.4 Å². The van der Waals surface area contributed by atoms with Gasteiger partial charge in [0, 0.05) is 36.8 Å². The van der Waals surface area contributed by atoms with E-state index in [1.54, 1.807) is 12.4 Å². The third kappa shape index (κ3) is 3.74. The van der Waals surface area contributed by atoms with E-state index in [1.165, 1.54) is 24.8 Å². The van der Waals surface area contributed by atoms with E-state index in [2.05, 4.69) is 57.4 Å². The Labute approximate surface area is 177 Å². The number of carbonyl (C=O) groups excluding carboxylic acids is 1. The zero-order chi connectivity index (χ0) is 20.5. The largest absolute Gasteiger partial charge is 0.349 e. The van der Waals surface area contributed by atoms with Gasteiger partial charge >= 0.3 is 0 Å². The molecule has 2 fully saturated rings. The van der Waals surface area contributed by atoms with Gasteiger partial charge in [-0.25, -0.2) is 0 Å². The smallest absolute Gasteiger partial charge is 0.270 e. The van der Waals surface area contributed by atoms with Crippen molar-refractivity contribution < 1.29 is 4.79 Å². The Morgan fingerprint density at radius 2 is 2.07 bits per heavy atom.